The van der Waals surface area contributed by atoms with E-state index in [0.29, 0.717) is 19.4 Å². The Morgan fingerprint density at radius 1 is 1.35 bits per heavy atom. The van der Waals surface area contributed by atoms with E-state index < -0.39 is 0 Å². The molecule has 0 aromatic carbocycles. The Bertz CT molecular complexity index is 313. The van der Waals surface area contributed by atoms with Crippen molar-refractivity contribution in [2.75, 3.05) is 6.54 Å². The van der Waals surface area contributed by atoms with Crippen LogP contribution < -0.4 is 0 Å². The number of carbonyl (C=O) groups is 2. The van der Waals surface area contributed by atoms with Gasteiger partial charge in [0.15, 0.2) is 5.78 Å². The first kappa shape index (κ1) is 14.2. The van der Waals surface area contributed by atoms with Crippen LogP contribution >= 0.6 is 0 Å². The lowest BCUT2D eigenvalue weighted by atomic mass is 9.89. The normalized spacial score (nSPS) is 19.8. The van der Waals surface area contributed by atoms with Gasteiger partial charge in [-0.15, -0.1) is 0 Å². The average Bonchev–Trinajstić information content (AvgIpc) is 2.36. The fraction of sp³-hybridized carbons (Fsp3) is 0.857. The van der Waals surface area contributed by atoms with Gasteiger partial charge in [0, 0.05) is 18.4 Å². The lowest BCUT2D eigenvalue weighted by molar-refractivity contribution is -0.135. The average molecular weight is 239 g/mol. The van der Waals surface area contributed by atoms with E-state index in [-0.39, 0.29) is 22.6 Å². The molecule has 1 saturated heterocycles. The van der Waals surface area contributed by atoms with Crippen LogP contribution in [0.3, 0.4) is 0 Å². The Labute approximate surface area is 105 Å². The number of rotatable bonds is 3. The van der Waals surface area contributed by atoms with Crippen molar-refractivity contribution in [1.82, 2.24) is 4.90 Å². The van der Waals surface area contributed by atoms with Crippen LogP contribution in [-0.4, -0.2) is 28.7 Å². The number of Topliss-reactive ketones (excluding diaryl/α,β-unsaturated/α-hetero) is 1. The second kappa shape index (κ2) is 4.79. The highest BCUT2D eigenvalue weighted by Crippen LogP contribution is 2.28. The predicted octanol–water partition coefficient (Wildman–Crippen LogP) is 2.78. The van der Waals surface area contributed by atoms with E-state index in [2.05, 4.69) is 20.8 Å². The minimum absolute atomic E-state index is 0.130. The molecule has 1 rings (SSSR count). The zero-order valence-electron chi connectivity index (χ0n) is 11.8. The van der Waals surface area contributed by atoms with Crippen molar-refractivity contribution in [3.8, 4) is 0 Å². The van der Waals surface area contributed by atoms with Crippen LogP contribution in [0.5, 0.6) is 0 Å². The maximum absolute atomic E-state index is 12.1. The maximum Gasteiger partial charge on any atom is 0.223 e. The van der Waals surface area contributed by atoms with Crippen LogP contribution in [0, 0.1) is 5.41 Å². The lowest BCUT2D eigenvalue weighted by Gasteiger charge is -2.31. The zero-order chi connectivity index (χ0) is 13.3. The summed E-state index contributed by atoms with van der Waals surface area (Å²) in [5, 5.41) is 0. The van der Waals surface area contributed by atoms with Crippen molar-refractivity contribution in [3.63, 3.8) is 0 Å². The topological polar surface area (TPSA) is 37.4 Å². The van der Waals surface area contributed by atoms with Gasteiger partial charge < -0.3 is 4.90 Å². The number of nitrogens with zero attached hydrogens (tertiary/aromatic N) is 1. The van der Waals surface area contributed by atoms with Gasteiger partial charge >= 0.3 is 0 Å². The summed E-state index contributed by atoms with van der Waals surface area (Å²) in [5.41, 5.74) is -0.00741. The number of hydrogen-bond donors (Lipinski definition) is 0. The molecule has 3 nitrogen and oxygen atoms in total. The Morgan fingerprint density at radius 2 is 1.94 bits per heavy atom. The molecule has 1 aliphatic heterocycles. The number of hydrogen-bond acceptors (Lipinski definition) is 2. The van der Waals surface area contributed by atoms with Crippen molar-refractivity contribution in [2.45, 2.75) is 65.8 Å². The van der Waals surface area contributed by atoms with Crippen molar-refractivity contribution < 1.29 is 9.59 Å². The standard InChI is InChI=1S/C14H25NO2/c1-13(2,3)8-6-7-12(17)15-10-11(16)9-14(15,4)5/h6-10H2,1-5H3. The van der Waals surface area contributed by atoms with Gasteiger partial charge in [-0.2, -0.15) is 0 Å². The Morgan fingerprint density at radius 3 is 2.35 bits per heavy atom. The molecule has 0 aromatic heterocycles. The molecule has 0 aromatic rings. The van der Waals surface area contributed by atoms with Crippen molar-refractivity contribution in [3.05, 3.63) is 0 Å². The molecule has 0 radical (unpaired) electrons. The predicted molar refractivity (Wildman–Crippen MR) is 68.7 cm³/mol. The minimum Gasteiger partial charge on any atom is -0.330 e. The largest absolute Gasteiger partial charge is 0.330 e. The number of carbonyl (C=O) groups excluding carboxylic acids is 2. The van der Waals surface area contributed by atoms with Gasteiger partial charge in [-0.05, 0) is 32.1 Å². The van der Waals surface area contributed by atoms with Crippen LogP contribution in [0.25, 0.3) is 0 Å². The highest BCUT2D eigenvalue weighted by Gasteiger charge is 2.39. The third-order valence-corrected chi connectivity index (χ3v) is 3.31. The first-order chi connectivity index (χ1) is 7.62. The summed E-state index contributed by atoms with van der Waals surface area (Å²) in [4.78, 5) is 25.2. The molecule has 1 amide bonds. The summed E-state index contributed by atoms with van der Waals surface area (Å²) in [6.45, 7) is 10.8. The molecule has 0 aliphatic carbocycles. The minimum atomic E-state index is -0.282. The third-order valence-electron chi connectivity index (χ3n) is 3.31. The summed E-state index contributed by atoms with van der Waals surface area (Å²) in [6.07, 6.45) is 3.01. The molecule has 1 heterocycles. The maximum atomic E-state index is 12.1. The van der Waals surface area contributed by atoms with E-state index in [1.807, 2.05) is 13.8 Å². The molecule has 1 aliphatic rings. The molecule has 1 fully saturated rings. The highest BCUT2D eigenvalue weighted by molar-refractivity contribution is 5.91. The molecular weight excluding hydrogens is 214 g/mol. The first-order valence-electron chi connectivity index (χ1n) is 6.44. The van der Waals surface area contributed by atoms with Gasteiger partial charge in [0.05, 0.1) is 6.54 Å². The van der Waals surface area contributed by atoms with E-state index in [1.165, 1.54) is 0 Å². The van der Waals surface area contributed by atoms with E-state index in [1.54, 1.807) is 4.90 Å². The fourth-order valence-corrected chi connectivity index (χ4v) is 2.35. The van der Waals surface area contributed by atoms with Crippen LogP contribution in [0.1, 0.15) is 60.3 Å². The molecule has 0 saturated carbocycles. The van der Waals surface area contributed by atoms with Gasteiger partial charge in [-0.3, -0.25) is 9.59 Å². The molecule has 0 spiro atoms. The third kappa shape index (κ3) is 4.14. The molecule has 3 heteroatoms. The SMILES string of the molecule is CC(C)(C)CCCC(=O)N1CC(=O)CC1(C)C. The Hall–Kier alpha value is -0.860. The second-order valence-electron chi connectivity index (χ2n) is 6.92. The number of amides is 1. The molecule has 0 unspecified atom stereocenters. The smallest absolute Gasteiger partial charge is 0.223 e. The van der Waals surface area contributed by atoms with Gasteiger partial charge in [0.2, 0.25) is 5.91 Å². The zero-order valence-corrected chi connectivity index (χ0v) is 11.8. The number of likely N-dealkylation sites (tertiary alicyclic amines) is 1. The molecule has 0 N–H and O–H groups in total. The summed E-state index contributed by atoms with van der Waals surface area (Å²) in [6, 6.07) is 0. The molecule has 98 valence electrons. The van der Waals surface area contributed by atoms with Gasteiger partial charge in [-0.1, -0.05) is 20.8 Å². The summed E-state index contributed by atoms with van der Waals surface area (Å²) >= 11 is 0. The van der Waals surface area contributed by atoms with Gasteiger partial charge in [0.1, 0.15) is 0 Å². The lowest BCUT2D eigenvalue weighted by Crippen LogP contribution is -2.42. The van der Waals surface area contributed by atoms with Crippen molar-refractivity contribution in [2.24, 2.45) is 5.41 Å². The molecule has 0 atom stereocenters. The van der Waals surface area contributed by atoms with Crippen LogP contribution in [0.15, 0.2) is 0 Å². The van der Waals surface area contributed by atoms with Crippen LogP contribution in [0.2, 0.25) is 0 Å². The van der Waals surface area contributed by atoms with Crippen molar-refractivity contribution >= 4 is 11.7 Å². The van der Waals surface area contributed by atoms with E-state index in [0.717, 1.165) is 12.8 Å². The van der Waals surface area contributed by atoms with Crippen LogP contribution in [-0.2, 0) is 9.59 Å². The summed E-state index contributed by atoms with van der Waals surface area (Å²) < 4.78 is 0. The molecule has 0 bridgehead atoms. The number of ketones is 1. The van der Waals surface area contributed by atoms with Crippen molar-refractivity contribution in [1.29, 1.82) is 0 Å². The quantitative estimate of drug-likeness (QED) is 0.759. The van der Waals surface area contributed by atoms with E-state index in [4.69, 9.17) is 0 Å². The first-order valence-corrected chi connectivity index (χ1v) is 6.44. The van der Waals surface area contributed by atoms with Crippen LogP contribution in [0.4, 0.5) is 0 Å². The Kier molecular flexibility index (Phi) is 4.00. The Balaban J connectivity index is 2.46. The van der Waals surface area contributed by atoms with E-state index in [9.17, 15) is 9.59 Å². The fourth-order valence-electron chi connectivity index (χ4n) is 2.35. The second-order valence-corrected chi connectivity index (χ2v) is 6.92. The van der Waals surface area contributed by atoms with Gasteiger partial charge in [0.25, 0.3) is 0 Å². The summed E-state index contributed by atoms with van der Waals surface area (Å²) in [7, 11) is 0. The molecular formula is C14H25NO2. The monoisotopic (exact) mass is 239 g/mol. The highest BCUT2D eigenvalue weighted by atomic mass is 16.2. The summed E-state index contributed by atoms with van der Waals surface area (Å²) in [5.74, 6) is 0.310. The molecule has 17 heavy (non-hydrogen) atoms. The van der Waals surface area contributed by atoms with Gasteiger partial charge in [-0.25, -0.2) is 0 Å². The van der Waals surface area contributed by atoms with E-state index >= 15 is 0 Å².